The molecule has 1 fully saturated rings. The number of nitrogens with zero attached hydrogens (tertiary/aromatic N) is 1. The molecule has 0 bridgehead atoms. The van der Waals surface area contributed by atoms with Crippen LogP contribution in [0.1, 0.15) is 43.7 Å². The van der Waals surface area contributed by atoms with Crippen molar-refractivity contribution in [3.05, 3.63) is 35.1 Å². The lowest BCUT2D eigenvalue weighted by molar-refractivity contribution is 0.195. The predicted octanol–water partition coefficient (Wildman–Crippen LogP) is 3.49. The number of likely N-dealkylation sites (tertiary alicyclic amines) is 1. The van der Waals surface area contributed by atoms with Gasteiger partial charge in [-0.05, 0) is 69.1 Å². The first-order valence-electron chi connectivity index (χ1n) is 7.90. The maximum atomic E-state index is 13.2. The third-order valence-corrected chi connectivity index (χ3v) is 4.31. The Kier molecular flexibility index (Phi) is 5.99. The molecule has 2 rings (SSSR count). The van der Waals surface area contributed by atoms with Crippen molar-refractivity contribution in [1.82, 2.24) is 10.2 Å². The zero-order valence-corrected chi connectivity index (χ0v) is 12.8. The standard InChI is InChI=1S/C17H27FN2/c1-3-4-9-20-10-7-17(8-11-20)19-13-15-12-16(18)6-5-14(15)2/h5-6,12,17,19H,3-4,7-11,13H2,1-2H3. The van der Waals surface area contributed by atoms with Crippen LogP contribution in [0.25, 0.3) is 0 Å². The van der Waals surface area contributed by atoms with Crippen LogP contribution >= 0.6 is 0 Å². The largest absolute Gasteiger partial charge is 0.310 e. The second kappa shape index (κ2) is 7.75. The number of aryl methyl sites for hydroxylation is 1. The van der Waals surface area contributed by atoms with Gasteiger partial charge in [-0.2, -0.15) is 0 Å². The van der Waals surface area contributed by atoms with Crippen molar-refractivity contribution in [2.75, 3.05) is 19.6 Å². The van der Waals surface area contributed by atoms with Crippen molar-refractivity contribution in [2.24, 2.45) is 0 Å². The number of unbranched alkanes of at least 4 members (excludes halogenated alkanes) is 1. The van der Waals surface area contributed by atoms with Crippen LogP contribution in [0.3, 0.4) is 0 Å². The molecule has 0 aliphatic carbocycles. The molecule has 0 radical (unpaired) electrons. The Bertz CT molecular complexity index is 411. The lowest BCUT2D eigenvalue weighted by atomic mass is 10.0. The molecule has 1 aliphatic heterocycles. The average molecular weight is 278 g/mol. The van der Waals surface area contributed by atoms with Crippen molar-refractivity contribution in [2.45, 2.75) is 52.1 Å². The summed E-state index contributed by atoms with van der Waals surface area (Å²) in [6.07, 6.45) is 4.99. The first-order valence-corrected chi connectivity index (χ1v) is 7.90. The fourth-order valence-electron chi connectivity index (χ4n) is 2.83. The van der Waals surface area contributed by atoms with E-state index in [1.54, 1.807) is 6.07 Å². The van der Waals surface area contributed by atoms with Gasteiger partial charge in [0.2, 0.25) is 0 Å². The number of halogens is 1. The van der Waals surface area contributed by atoms with Crippen LogP contribution in [0.2, 0.25) is 0 Å². The van der Waals surface area contributed by atoms with E-state index in [2.05, 4.69) is 17.1 Å². The quantitative estimate of drug-likeness (QED) is 0.857. The summed E-state index contributed by atoms with van der Waals surface area (Å²) >= 11 is 0. The summed E-state index contributed by atoms with van der Waals surface area (Å²) in [4.78, 5) is 2.56. The number of hydrogen-bond donors (Lipinski definition) is 1. The van der Waals surface area contributed by atoms with Crippen LogP contribution in [0.4, 0.5) is 4.39 Å². The summed E-state index contributed by atoms with van der Waals surface area (Å²) in [5, 5.41) is 3.59. The van der Waals surface area contributed by atoms with Crippen LogP contribution in [-0.4, -0.2) is 30.6 Å². The van der Waals surface area contributed by atoms with Gasteiger partial charge in [0.1, 0.15) is 5.82 Å². The third-order valence-electron chi connectivity index (χ3n) is 4.31. The SMILES string of the molecule is CCCCN1CCC(NCc2cc(F)ccc2C)CC1. The summed E-state index contributed by atoms with van der Waals surface area (Å²) in [5.41, 5.74) is 2.25. The molecule has 0 atom stereocenters. The summed E-state index contributed by atoms with van der Waals surface area (Å²) in [6.45, 7) is 8.70. The van der Waals surface area contributed by atoms with E-state index in [1.807, 2.05) is 13.0 Å². The van der Waals surface area contributed by atoms with Gasteiger partial charge in [-0.3, -0.25) is 0 Å². The Morgan fingerprint density at radius 1 is 1.30 bits per heavy atom. The van der Waals surface area contributed by atoms with Crippen LogP contribution in [0.15, 0.2) is 18.2 Å². The van der Waals surface area contributed by atoms with E-state index < -0.39 is 0 Å². The highest BCUT2D eigenvalue weighted by Crippen LogP contribution is 2.14. The summed E-state index contributed by atoms with van der Waals surface area (Å²) in [7, 11) is 0. The van der Waals surface area contributed by atoms with E-state index in [0.717, 1.165) is 12.1 Å². The Morgan fingerprint density at radius 3 is 2.75 bits per heavy atom. The monoisotopic (exact) mass is 278 g/mol. The van der Waals surface area contributed by atoms with Gasteiger partial charge in [0.25, 0.3) is 0 Å². The molecule has 1 aliphatic rings. The highest BCUT2D eigenvalue weighted by atomic mass is 19.1. The minimum atomic E-state index is -0.137. The summed E-state index contributed by atoms with van der Waals surface area (Å²) < 4.78 is 13.2. The van der Waals surface area contributed by atoms with E-state index in [0.29, 0.717) is 6.04 Å². The van der Waals surface area contributed by atoms with E-state index in [-0.39, 0.29) is 5.82 Å². The van der Waals surface area contributed by atoms with Gasteiger partial charge in [0, 0.05) is 12.6 Å². The molecule has 0 aromatic heterocycles. The van der Waals surface area contributed by atoms with Crippen LogP contribution in [-0.2, 0) is 6.54 Å². The maximum Gasteiger partial charge on any atom is 0.123 e. The molecule has 0 saturated carbocycles. The minimum absolute atomic E-state index is 0.137. The van der Waals surface area contributed by atoms with Gasteiger partial charge >= 0.3 is 0 Å². The Hall–Kier alpha value is -0.930. The molecule has 1 aromatic rings. The number of benzene rings is 1. The number of hydrogen-bond acceptors (Lipinski definition) is 2. The smallest absolute Gasteiger partial charge is 0.123 e. The van der Waals surface area contributed by atoms with Gasteiger partial charge in [0.05, 0.1) is 0 Å². The van der Waals surface area contributed by atoms with E-state index >= 15 is 0 Å². The van der Waals surface area contributed by atoms with E-state index in [1.165, 1.54) is 56.9 Å². The molecule has 1 aromatic carbocycles. The molecule has 20 heavy (non-hydrogen) atoms. The number of nitrogens with one attached hydrogen (secondary N) is 1. The van der Waals surface area contributed by atoms with Crippen molar-refractivity contribution < 1.29 is 4.39 Å². The van der Waals surface area contributed by atoms with Crippen LogP contribution in [0.5, 0.6) is 0 Å². The number of piperidine rings is 1. The molecule has 1 N–H and O–H groups in total. The Morgan fingerprint density at radius 2 is 2.05 bits per heavy atom. The Balaban J connectivity index is 1.74. The number of rotatable bonds is 6. The lowest BCUT2D eigenvalue weighted by Gasteiger charge is -2.32. The summed E-state index contributed by atoms with van der Waals surface area (Å²) in [6, 6.07) is 5.62. The first kappa shape index (κ1) is 15.5. The molecule has 0 unspecified atom stereocenters. The predicted molar refractivity (Wildman–Crippen MR) is 82.3 cm³/mol. The fraction of sp³-hybridized carbons (Fsp3) is 0.647. The maximum absolute atomic E-state index is 13.2. The average Bonchev–Trinajstić information content (AvgIpc) is 2.47. The van der Waals surface area contributed by atoms with Crippen molar-refractivity contribution in [3.63, 3.8) is 0 Å². The normalized spacial score (nSPS) is 17.6. The van der Waals surface area contributed by atoms with Gasteiger partial charge in [-0.15, -0.1) is 0 Å². The molecule has 0 amide bonds. The molecular weight excluding hydrogens is 251 g/mol. The van der Waals surface area contributed by atoms with Gasteiger partial charge in [-0.1, -0.05) is 19.4 Å². The second-order valence-electron chi connectivity index (χ2n) is 5.92. The minimum Gasteiger partial charge on any atom is -0.310 e. The topological polar surface area (TPSA) is 15.3 Å². The van der Waals surface area contributed by atoms with Crippen molar-refractivity contribution in [1.29, 1.82) is 0 Å². The van der Waals surface area contributed by atoms with Crippen LogP contribution in [0, 0.1) is 12.7 Å². The molecule has 1 saturated heterocycles. The van der Waals surface area contributed by atoms with Gasteiger partial charge in [0.15, 0.2) is 0 Å². The molecule has 0 spiro atoms. The highest BCUT2D eigenvalue weighted by Gasteiger charge is 2.18. The zero-order chi connectivity index (χ0) is 14.4. The molecule has 1 heterocycles. The highest BCUT2D eigenvalue weighted by molar-refractivity contribution is 5.26. The first-order chi connectivity index (χ1) is 9.69. The third kappa shape index (κ3) is 4.57. The van der Waals surface area contributed by atoms with Crippen molar-refractivity contribution in [3.8, 4) is 0 Å². The lowest BCUT2D eigenvalue weighted by Crippen LogP contribution is -2.42. The molecule has 2 nitrogen and oxygen atoms in total. The van der Waals surface area contributed by atoms with E-state index in [4.69, 9.17) is 0 Å². The molecule has 112 valence electrons. The molecular formula is C17H27FN2. The van der Waals surface area contributed by atoms with Gasteiger partial charge in [-0.25, -0.2) is 4.39 Å². The zero-order valence-electron chi connectivity index (χ0n) is 12.8. The van der Waals surface area contributed by atoms with Gasteiger partial charge < -0.3 is 10.2 Å². The second-order valence-corrected chi connectivity index (χ2v) is 5.92. The fourth-order valence-corrected chi connectivity index (χ4v) is 2.83. The van der Waals surface area contributed by atoms with E-state index in [9.17, 15) is 4.39 Å². The van der Waals surface area contributed by atoms with Crippen molar-refractivity contribution >= 4 is 0 Å². The Labute approximate surface area is 122 Å². The van der Waals surface area contributed by atoms with Crippen LogP contribution < -0.4 is 5.32 Å². The molecule has 3 heteroatoms. The summed E-state index contributed by atoms with van der Waals surface area (Å²) in [5.74, 6) is -0.137.